The summed E-state index contributed by atoms with van der Waals surface area (Å²) >= 11 is 1.25. The SMILES string of the molecule is C=CCn1c(SCC(=O)Nc2cccc([N+](=O)[O-])c2C)nnc1-c1ccc(C(C)(C)C)cc1. The first kappa shape index (κ1) is 24.2. The first-order chi connectivity index (χ1) is 15.6. The van der Waals surface area contributed by atoms with Crippen LogP contribution in [0.15, 0.2) is 60.3 Å². The first-order valence-electron chi connectivity index (χ1n) is 10.4. The fourth-order valence-corrected chi connectivity index (χ4v) is 4.04. The number of hydrogen-bond acceptors (Lipinski definition) is 6. The van der Waals surface area contributed by atoms with Crippen LogP contribution in [-0.2, 0) is 16.8 Å². The number of benzene rings is 2. The van der Waals surface area contributed by atoms with Gasteiger partial charge in [-0.05, 0) is 24.0 Å². The molecule has 0 atom stereocenters. The largest absolute Gasteiger partial charge is 0.325 e. The van der Waals surface area contributed by atoms with Gasteiger partial charge in [0, 0.05) is 18.2 Å². The molecule has 2 aromatic carbocycles. The van der Waals surface area contributed by atoms with Crippen LogP contribution in [0.5, 0.6) is 0 Å². The summed E-state index contributed by atoms with van der Waals surface area (Å²) in [5.74, 6) is 0.501. The van der Waals surface area contributed by atoms with Gasteiger partial charge >= 0.3 is 0 Å². The van der Waals surface area contributed by atoms with Crippen LogP contribution in [0.2, 0.25) is 0 Å². The number of aromatic nitrogens is 3. The second-order valence-electron chi connectivity index (χ2n) is 8.58. The third-order valence-corrected chi connectivity index (χ3v) is 6.11. The molecule has 0 fully saturated rings. The number of thioether (sulfide) groups is 1. The number of amides is 1. The van der Waals surface area contributed by atoms with E-state index in [9.17, 15) is 14.9 Å². The molecular weight excluding hydrogens is 438 g/mol. The summed E-state index contributed by atoms with van der Waals surface area (Å²) in [5.41, 5.74) is 3.01. The summed E-state index contributed by atoms with van der Waals surface area (Å²) in [4.78, 5) is 23.2. The molecular formula is C24H27N5O3S. The highest BCUT2D eigenvalue weighted by Gasteiger charge is 2.18. The fraction of sp³-hybridized carbons (Fsp3) is 0.292. The van der Waals surface area contributed by atoms with Crippen LogP contribution >= 0.6 is 11.8 Å². The zero-order valence-corrected chi connectivity index (χ0v) is 20.0. The number of nitro benzene ring substituents is 1. The average Bonchev–Trinajstić information content (AvgIpc) is 3.16. The van der Waals surface area contributed by atoms with Gasteiger partial charge in [0.1, 0.15) is 0 Å². The van der Waals surface area contributed by atoms with Gasteiger partial charge in [-0.2, -0.15) is 0 Å². The minimum absolute atomic E-state index is 0.0340. The Balaban J connectivity index is 1.75. The van der Waals surface area contributed by atoms with Crippen molar-refractivity contribution in [1.82, 2.24) is 14.8 Å². The zero-order chi connectivity index (χ0) is 24.2. The second kappa shape index (κ2) is 9.99. The van der Waals surface area contributed by atoms with Crippen LogP contribution in [0, 0.1) is 17.0 Å². The van der Waals surface area contributed by atoms with E-state index in [4.69, 9.17) is 0 Å². The number of carbonyl (C=O) groups is 1. The molecule has 1 heterocycles. The molecule has 1 N–H and O–H groups in total. The van der Waals surface area contributed by atoms with E-state index in [1.54, 1.807) is 25.1 Å². The monoisotopic (exact) mass is 465 g/mol. The Morgan fingerprint density at radius 3 is 2.52 bits per heavy atom. The Morgan fingerprint density at radius 2 is 1.91 bits per heavy atom. The molecule has 172 valence electrons. The van der Waals surface area contributed by atoms with Crippen molar-refractivity contribution in [1.29, 1.82) is 0 Å². The molecule has 3 rings (SSSR count). The van der Waals surface area contributed by atoms with E-state index in [0.717, 1.165) is 5.56 Å². The molecule has 0 saturated heterocycles. The Hall–Kier alpha value is -3.46. The van der Waals surface area contributed by atoms with Crippen LogP contribution < -0.4 is 5.32 Å². The lowest BCUT2D eigenvalue weighted by atomic mass is 9.87. The van der Waals surface area contributed by atoms with Gasteiger partial charge in [0.15, 0.2) is 11.0 Å². The maximum absolute atomic E-state index is 12.5. The second-order valence-corrected chi connectivity index (χ2v) is 9.52. The normalized spacial score (nSPS) is 11.3. The predicted molar refractivity (Wildman–Crippen MR) is 132 cm³/mol. The van der Waals surface area contributed by atoms with Gasteiger partial charge in [-0.1, -0.05) is 68.9 Å². The summed E-state index contributed by atoms with van der Waals surface area (Å²) in [6.45, 7) is 12.4. The van der Waals surface area contributed by atoms with Crippen molar-refractivity contribution in [2.45, 2.75) is 44.8 Å². The molecule has 0 aliphatic rings. The van der Waals surface area contributed by atoms with Crippen LogP contribution in [0.25, 0.3) is 11.4 Å². The Morgan fingerprint density at radius 1 is 1.21 bits per heavy atom. The Kier molecular flexibility index (Phi) is 7.33. The van der Waals surface area contributed by atoms with E-state index in [2.05, 4.69) is 55.0 Å². The van der Waals surface area contributed by atoms with E-state index in [1.807, 2.05) is 16.7 Å². The van der Waals surface area contributed by atoms with Gasteiger partial charge in [0.2, 0.25) is 5.91 Å². The van der Waals surface area contributed by atoms with Crippen molar-refractivity contribution in [3.8, 4) is 11.4 Å². The fourth-order valence-electron chi connectivity index (χ4n) is 3.30. The molecule has 8 nitrogen and oxygen atoms in total. The van der Waals surface area contributed by atoms with E-state index in [-0.39, 0.29) is 22.8 Å². The lowest BCUT2D eigenvalue weighted by Gasteiger charge is -2.19. The number of carbonyl (C=O) groups excluding carboxylic acids is 1. The molecule has 0 unspecified atom stereocenters. The lowest BCUT2D eigenvalue weighted by Crippen LogP contribution is -2.15. The lowest BCUT2D eigenvalue weighted by molar-refractivity contribution is -0.385. The number of hydrogen-bond donors (Lipinski definition) is 1. The highest BCUT2D eigenvalue weighted by molar-refractivity contribution is 7.99. The van der Waals surface area contributed by atoms with Gasteiger partial charge in [0.25, 0.3) is 5.69 Å². The first-order valence-corrected chi connectivity index (χ1v) is 11.4. The van der Waals surface area contributed by atoms with E-state index >= 15 is 0 Å². The van der Waals surface area contributed by atoms with Crippen molar-refractivity contribution in [3.05, 3.63) is 76.4 Å². The summed E-state index contributed by atoms with van der Waals surface area (Å²) in [5, 5.41) is 23.1. The van der Waals surface area contributed by atoms with Crippen LogP contribution in [0.4, 0.5) is 11.4 Å². The van der Waals surface area contributed by atoms with Gasteiger partial charge < -0.3 is 5.32 Å². The highest BCUT2D eigenvalue weighted by atomic mass is 32.2. The standard InChI is InChI=1S/C24H27N5O3S/c1-6-14-28-22(17-10-12-18(13-11-17)24(3,4)5)26-27-23(28)33-15-21(30)25-19-8-7-9-20(16(19)2)29(31)32/h6-13H,1,14-15H2,2-5H3,(H,25,30). The maximum Gasteiger partial charge on any atom is 0.274 e. The van der Waals surface area contributed by atoms with Crippen molar-refractivity contribution < 1.29 is 9.72 Å². The van der Waals surface area contributed by atoms with E-state index in [0.29, 0.717) is 28.8 Å². The number of nitrogens with zero attached hydrogens (tertiary/aromatic N) is 4. The molecule has 1 amide bonds. The average molecular weight is 466 g/mol. The topological polar surface area (TPSA) is 103 Å². The van der Waals surface area contributed by atoms with Crippen molar-refractivity contribution in [2.75, 3.05) is 11.1 Å². The van der Waals surface area contributed by atoms with Crippen molar-refractivity contribution in [3.63, 3.8) is 0 Å². The zero-order valence-electron chi connectivity index (χ0n) is 19.2. The summed E-state index contributed by atoms with van der Waals surface area (Å²) in [6, 6.07) is 12.8. The van der Waals surface area contributed by atoms with Crippen LogP contribution in [0.1, 0.15) is 31.9 Å². The molecule has 33 heavy (non-hydrogen) atoms. The number of rotatable bonds is 8. The molecule has 0 aliphatic carbocycles. The highest BCUT2D eigenvalue weighted by Crippen LogP contribution is 2.29. The molecule has 0 spiro atoms. The number of nitro groups is 1. The quantitative estimate of drug-likeness (QED) is 0.207. The minimum Gasteiger partial charge on any atom is -0.325 e. The van der Waals surface area contributed by atoms with Crippen LogP contribution in [0.3, 0.4) is 0 Å². The van der Waals surface area contributed by atoms with E-state index < -0.39 is 4.92 Å². The Labute approximate surface area is 197 Å². The number of allylic oxidation sites excluding steroid dienone is 1. The van der Waals surface area contributed by atoms with Gasteiger partial charge in [0.05, 0.1) is 21.9 Å². The maximum atomic E-state index is 12.5. The molecule has 0 saturated carbocycles. The number of anilines is 1. The molecule has 9 heteroatoms. The van der Waals surface area contributed by atoms with Gasteiger partial charge in [-0.3, -0.25) is 19.5 Å². The summed E-state index contributed by atoms with van der Waals surface area (Å²) in [6.07, 6.45) is 1.76. The molecule has 0 radical (unpaired) electrons. The van der Waals surface area contributed by atoms with E-state index in [1.165, 1.54) is 23.4 Å². The molecule has 0 bridgehead atoms. The molecule has 3 aromatic rings. The van der Waals surface area contributed by atoms with Crippen molar-refractivity contribution in [2.24, 2.45) is 0 Å². The third-order valence-electron chi connectivity index (χ3n) is 5.15. The van der Waals surface area contributed by atoms with Gasteiger partial charge in [-0.15, -0.1) is 16.8 Å². The molecule has 1 aromatic heterocycles. The third kappa shape index (κ3) is 5.67. The Bertz CT molecular complexity index is 1180. The predicted octanol–water partition coefficient (Wildman–Crippen LogP) is 5.38. The summed E-state index contributed by atoms with van der Waals surface area (Å²) in [7, 11) is 0. The molecule has 0 aliphatic heterocycles. The van der Waals surface area contributed by atoms with Crippen LogP contribution in [-0.4, -0.2) is 31.3 Å². The summed E-state index contributed by atoms with van der Waals surface area (Å²) < 4.78 is 1.91. The minimum atomic E-state index is -0.465. The number of nitrogens with one attached hydrogen (secondary N) is 1. The smallest absolute Gasteiger partial charge is 0.274 e. The van der Waals surface area contributed by atoms with Gasteiger partial charge in [-0.25, -0.2) is 0 Å². The van der Waals surface area contributed by atoms with Crippen molar-refractivity contribution >= 4 is 29.0 Å².